The smallest absolute Gasteiger partial charge is 0.0659 e. The van der Waals surface area contributed by atoms with Gasteiger partial charge in [-0.2, -0.15) is 5.10 Å². The molecule has 1 saturated carbocycles. The predicted molar refractivity (Wildman–Crippen MR) is 64.4 cm³/mol. The van der Waals surface area contributed by atoms with Crippen LogP contribution in [-0.2, 0) is 25.8 Å². The Kier molecular flexibility index (Phi) is 2.72. The molecule has 3 nitrogen and oxygen atoms in total. The van der Waals surface area contributed by atoms with Gasteiger partial charge in [-0.1, -0.05) is 0 Å². The Bertz CT molecular complexity index is 377. The Hall–Kier alpha value is -0.830. The zero-order chi connectivity index (χ0) is 11.0. The van der Waals surface area contributed by atoms with Crippen LogP contribution in [0.15, 0.2) is 0 Å². The molecule has 1 fully saturated rings. The Labute approximate surface area is 97.0 Å². The summed E-state index contributed by atoms with van der Waals surface area (Å²) < 4.78 is 2.28. The van der Waals surface area contributed by atoms with Crippen molar-refractivity contribution in [1.29, 1.82) is 0 Å². The van der Waals surface area contributed by atoms with E-state index in [-0.39, 0.29) is 0 Å². The highest BCUT2D eigenvalue weighted by atomic mass is 15.3. The van der Waals surface area contributed by atoms with Gasteiger partial charge in [0.2, 0.25) is 0 Å². The lowest BCUT2D eigenvalue weighted by molar-refractivity contribution is 0.534. The largest absolute Gasteiger partial charge is 0.330 e. The second-order valence-electron chi connectivity index (χ2n) is 5.24. The first kappa shape index (κ1) is 10.3. The second-order valence-corrected chi connectivity index (χ2v) is 5.24. The van der Waals surface area contributed by atoms with E-state index < -0.39 is 0 Å². The van der Waals surface area contributed by atoms with Crippen LogP contribution in [-0.4, -0.2) is 16.3 Å². The molecule has 0 unspecified atom stereocenters. The van der Waals surface area contributed by atoms with Gasteiger partial charge < -0.3 is 5.73 Å². The van der Waals surface area contributed by atoms with Gasteiger partial charge in [-0.05, 0) is 56.6 Å². The molecular formula is C13H21N3. The molecule has 0 spiro atoms. The molecule has 0 radical (unpaired) electrons. The maximum atomic E-state index is 5.73. The molecule has 0 amide bonds. The summed E-state index contributed by atoms with van der Waals surface area (Å²) >= 11 is 0. The first-order chi connectivity index (χ1) is 7.88. The Balaban J connectivity index is 1.91. The number of nitrogens with two attached hydrogens (primary N) is 1. The van der Waals surface area contributed by atoms with Crippen LogP contribution < -0.4 is 5.73 Å². The second kappa shape index (κ2) is 4.21. The van der Waals surface area contributed by atoms with Crippen molar-refractivity contribution in [3.8, 4) is 0 Å². The van der Waals surface area contributed by atoms with E-state index in [0.717, 1.165) is 25.4 Å². The van der Waals surface area contributed by atoms with Crippen molar-refractivity contribution >= 4 is 0 Å². The van der Waals surface area contributed by atoms with E-state index in [1.54, 1.807) is 0 Å². The number of fused-ring (bicyclic) bond motifs is 1. The predicted octanol–water partition coefficient (Wildman–Crippen LogP) is 1.67. The standard InChI is InChI=1S/C13H21N3/c14-8-7-13-11-3-1-2-4-12(11)15-16(13)9-10-5-6-10/h10H,1-9,14H2. The molecule has 16 heavy (non-hydrogen) atoms. The first-order valence-corrected chi connectivity index (χ1v) is 6.66. The van der Waals surface area contributed by atoms with Gasteiger partial charge >= 0.3 is 0 Å². The van der Waals surface area contributed by atoms with Gasteiger partial charge in [-0.15, -0.1) is 0 Å². The van der Waals surface area contributed by atoms with Gasteiger partial charge in [-0.25, -0.2) is 0 Å². The Morgan fingerprint density at radius 3 is 2.81 bits per heavy atom. The highest BCUT2D eigenvalue weighted by Crippen LogP contribution is 2.32. The number of aromatic nitrogens is 2. The van der Waals surface area contributed by atoms with Crippen LogP contribution in [0.5, 0.6) is 0 Å². The van der Waals surface area contributed by atoms with E-state index in [0.29, 0.717) is 0 Å². The van der Waals surface area contributed by atoms with Crippen LogP contribution in [0.1, 0.15) is 42.6 Å². The van der Waals surface area contributed by atoms with Crippen LogP contribution >= 0.6 is 0 Å². The molecule has 0 atom stereocenters. The summed E-state index contributed by atoms with van der Waals surface area (Å²) in [6.45, 7) is 1.89. The van der Waals surface area contributed by atoms with Crippen LogP contribution in [0.2, 0.25) is 0 Å². The van der Waals surface area contributed by atoms with Crippen molar-refractivity contribution in [2.45, 2.75) is 51.5 Å². The fraction of sp³-hybridized carbons (Fsp3) is 0.769. The minimum Gasteiger partial charge on any atom is -0.330 e. The molecule has 2 N–H and O–H groups in total. The molecule has 3 rings (SSSR count). The van der Waals surface area contributed by atoms with Crippen molar-refractivity contribution in [3.05, 3.63) is 17.0 Å². The summed E-state index contributed by atoms with van der Waals surface area (Å²) in [5, 5.41) is 4.81. The zero-order valence-corrected chi connectivity index (χ0v) is 9.91. The summed E-state index contributed by atoms with van der Waals surface area (Å²) in [6, 6.07) is 0. The molecule has 0 aromatic carbocycles. The van der Waals surface area contributed by atoms with E-state index in [4.69, 9.17) is 10.8 Å². The lowest BCUT2D eigenvalue weighted by atomic mass is 9.95. The van der Waals surface area contributed by atoms with Crippen molar-refractivity contribution in [3.63, 3.8) is 0 Å². The third-order valence-electron chi connectivity index (χ3n) is 3.85. The fourth-order valence-corrected chi connectivity index (χ4v) is 2.79. The third-order valence-corrected chi connectivity index (χ3v) is 3.85. The molecule has 3 heteroatoms. The van der Waals surface area contributed by atoms with E-state index in [2.05, 4.69) is 4.68 Å². The van der Waals surface area contributed by atoms with Crippen molar-refractivity contribution in [2.75, 3.05) is 6.54 Å². The van der Waals surface area contributed by atoms with E-state index in [9.17, 15) is 0 Å². The van der Waals surface area contributed by atoms with Crippen LogP contribution in [0.25, 0.3) is 0 Å². The quantitative estimate of drug-likeness (QED) is 0.837. The number of rotatable bonds is 4. The SMILES string of the molecule is NCCc1c2c(nn1CC1CC1)CCCC2. The Morgan fingerprint density at radius 1 is 1.25 bits per heavy atom. The number of hydrogen-bond acceptors (Lipinski definition) is 2. The van der Waals surface area contributed by atoms with Gasteiger partial charge in [0.05, 0.1) is 5.69 Å². The van der Waals surface area contributed by atoms with Gasteiger partial charge in [-0.3, -0.25) is 4.68 Å². The molecule has 88 valence electrons. The molecule has 1 aromatic heterocycles. The maximum Gasteiger partial charge on any atom is 0.0659 e. The van der Waals surface area contributed by atoms with Gasteiger partial charge in [0, 0.05) is 18.7 Å². The molecule has 0 saturated heterocycles. The molecule has 0 bridgehead atoms. The van der Waals surface area contributed by atoms with Crippen LogP contribution in [0, 0.1) is 5.92 Å². The van der Waals surface area contributed by atoms with Crippen molar-refractivity contribution in [1.82, 2.24) is 9.78 Å². The minimum atomic E-state index is 0.753. The molecule has 2 aliphatic rings. The lowest BCUT2D eigenvalue weighted by Gasteiger charge is -2.11. The monoisotopic (exact) mass is 219 g/mol. The Morgan fingerprint density at radius 2 is 2.06 bits per heavy atom. The molecule has 1 heterocycles. The van der Waals surface area contributed by atoms with Crippen molar-refractivity contribution in [2.24, 2.45) is 11.7 Å². The van der Waals surface area contributed by atoms with Gasteiger partial charge in [0.25, 0.3) is 0 Å². The number of hydrogen-bond donors (Lipinski definition) is 1. The lowest BCUT2D eigenvalue weighted by Crippen LogP contribution is -2.12. The topological polar surface area (TPSA) is 43.8 Å². The normalized spacial score (nSPS) is 19.8. The van der Waals surface area contributed by atoms with E-state index in [1.807, 2.05) is 0 Å². The van der Waals surface area contributed by atoms with E-state index in [1.165, 1.54) is 55.5 Å². The summed E-state index contributed by atoms with van der Waals surface area (Å²) in [5.74, 6) is 0.901. The average molecular weight is 219 g/mol. The number of nitrogens with zero attached hydrogens (tertiary/aromatic N) is 2. The van der Waals surface area contributed by atoms with Crippen LogP contribution in [0.3, 0.4) is 0 Å². The molecule has 0 aliphatic heterocycles. The molecular weight excluding hydrogens is 198 g/mol. The van der Waals surface area contributed by atoms with E-state index >= 15 is 0 Å². The van der Waals surface area contributed by atoms with Gasteiger partial charge in [0.15, 0.2) is 0 Å². The summed E-state index contributed by atoms with van der Waals surface area (Å²) in [5.41, 5.74) is 10.1. The summed E-state index contributed by atoms with van der Waals surface area (Å²) in [7, 11) is 0. The maximum absolute atomic E-state index is 5.73. The first-order valence-electron chi connectivity index (χ1n) is 6.66. The highest BCUT2D eigenvalue weighted by Gasteiger charge is 2.26. The molecule has 1 aromatic rings. The van der Waals surface area contributed by atoms with Crippen LogP contribution in [0.4, 0.5) is 0 Å². The average Bonchev–Trinajstić information content (AvgIpc) is 3.04. The number of aryl methyl sites for hydroxylation is 1. The van der Waals surface area contributed by atoms with Gasteiger partial charge in [0.1, 0.15) is 0 Å². The fourth-order valence-electron chi connectivity index (χ4n) is 2.79. The zero-order valence-electron chi connectivity index (χ0n) is 9.91. The summed E-state index contributed by atoms with van der Waals surface area (Å²) in [4.78, 5) is 0. The van der Waals surface area contributed by atoms with Crippen molar-refractivity contribution < 1.29 is 0 Å². The minimum absolute atomic E-state index is 0.753. The molecule has 2 aliphatic carbocycles. The third kappa shape index (κ3) is 1.88. The highest BCUT2D eigenvalue weighted by molar-refractivity contribution is 5.29. The summed E-state index contributed by atoms with van der Waals surface area (Å²) in [6.07, 6.45) is 8.86.